The van der Waals surface area contributed by atoms with Crippen molar-refractivity contribution < 1.29 is 19.7 Å². The van der Waals surface area contributed by atoms with Gasteiger partial charge in [0, 0.05) is 6.08 Å². The predicted octanol–water partition coefficient (Wildman–Crippen LogP) is 1.37. The van der Waals surface area contributed by atoms with Gasteiger partial charge in [-0.2, -0.15) is 0 Å². The molecule has 0 spiro atoms. The lowest BCUT2D eigenvalue weighted by Crippen LogP contribution is -2.07. The monoisotopic (exact) mass is 174 g/mol. The fraction of sp³-hybridized carbons (Fsp3) is 0.625. The van der Waals surface area contributed by atoms with E-state index in [0.29, 0.717) is 13.0 Å². The van der Waals surface area contributed by atoms with Crippen molar-refractivity contribution in [3.8, 4) is 0 Å². The van der Waals surface area contributed by atoms with Crippen molar-refractivity contribution in [2.24, 2.45) is 0 Å². The number of hydrogen-bond donors (Lipinski definition) is 1. The summed E-state index contributed by atoms with van der Waals surface area (Å²) in [6.45, 7) is 3.90. The van der Waals surface area contributed by atoms with Gasteiger partial charge in [0.1, 0.15) is 6.10 Å². The second-order valence-corrected chi connectivity index (χ2v) is 2.16. The summed E-state index contributed by atoms with van der Waals surface area (Å²) in [5.41, 5.74) is 0. The first kappa shape index (κ1) is 11.1. The van der Waals surface area contributed by atoms with Crippen LogP contribution in [0.2, 0.25) is 0 Å². The SMILES string of the molecule is CCOC(=O)/C=C/[C@@H](CC)OO. The molecular formula is C8H14O4. The molecule has 0 fully saturated rings. The minimum atomic E-state index is -0.436. The van der Waals surface area contributed by atoms with Gasteiger partial charge in [0.25, 0.3) is 0 Å². The highest BCUT2D eigenvalue weighted by molar-refractivity contribution is 5.81. The molecule has 0 aliphatic heterocycles. The van der Waals surface area contributed by atoms with E-state index >= 15 is 0 Å². The largest absolute Gasteiger partial charge is 0.463 e. The van der Waals surface area contributed by atoms with Gasteiger partial charge in [-0.25, -0.2) is 9.68 Å². The molecule has 0 radical (unpaired) electrons. The van der Waals surface area contributed by atoms with Crippen LogP contribution in [0, 0.1) is 0 Å². The Morgan fingerprint density at radius 2 is 2.25 bits per heavy atom. The summed E-state index contributed by atoms with van der Waals surface area (Å²) in [5, 5.41) is 8.27. The third kappa shape index (κ3) is 4.87. The summed E-state index contributed by atoms with van der Waals surface area (Å²) in [6, 6.07) is 0. The Hall–Kier alpha value is -0.870. The van der Waals surface area contributed by atoms with Gasteiger partial charge in [-0.05, 0) is 19.4 Å². The number of hydrogen-bond acceptors (Lipinski definition) is 4. The van der Waals surface area contributed by atoms with Crippen molar-refractivity contribution in [1.29, 1.82) is 0 Å². The Balaban J connectivity index is 3.78. The van der Waals surface area contributed by atoms with E-state index in [0.717, 1.165) is 0 Å². The zero-order valence-corrected chi connectivity index (χ0v) is 7.32. The first-order valence-electron chi connectivity index (χ1n) is 3.89. The highest BCUT2D eigenvalue weighted by Crippen LogP contribution is 1.97. The van der Waals surface area contributed by atoms with E-state index in [1.165, 1.54) is 12.2 Å². The molecule has 70 valence electrons. The first-order chi connectivity index (χ1) is 5.74. The lowest BCUT2D eigenvalue weighted by atomic mass is 10.2. The van der Waals surface area contributed by atoms with Gasteiger partial charge < -0.3 is 4.74 Å². The van der Waals surface area contributed by atoms with Gasteiger partial charge in [0.05, 0.1) is 6.61 Å². The van der Waals surface area contributed by atoms with E-state index < -0.39 is 12.1 Å². The van der Waals surface area contributed by atoms with Crippen LogP contribution in [-0.2, 0) is 14.4 Å². The van der Waals surface area contributed by atoms with Crippen LogP contribution in [-0.4, -0.2) is 23.9 Å². The maximum Gasteiger partial charge on any atom is 0.330 e. The molecule has 0 heterocycles. The molecular weight excluding hydrogens is 160 g/mol. The Kier molecular flexibility index (Phi) is 6.32. The van der Waals surface area contributed by atoms with Crippen molar-refractivity contribution >= 4 is 5.97 Å². The van der Waals surface area contributed by atoms with E-state index in [-0.39, 0.29) is 0 Å². The topological polar surface area (TPSA) is 55.8 Å². The zero-order chi connectivity index (χ0) is 9.40. The molecule has 0 aromatic carbocycles. The summed E-state index contributed by atoms with van der Waals surface area (Å²) < 4.78 is 4.62. The maximum absolute atomic E-state index is 10.7. The van der Waals surface area contributed by atoms with E-state index in [1.54, 1.807) is 6.92 Å². The first-order valence-corrected chi connectivity index (χ1v) is 3.89. The third-order valence-corrected chi connectivity index (χ3v) is 1.27. The van der Waals surface area contributed by atoms with E-state index in [2.05, 4.69) is 9.62 Å². The van der Waals surface area contributed by atoms with Crippen molar-refractivity contribution in [2.75, 3.05) is 6.61 Å². The summed E-state index contributed by atoms with van der Waals surface area (Å²) >= 11 is 0. The predicted molar refractivity (Wildman–Crippen MR) is 43.6 cm³/mol. The lowest BCUT2D eigenvalue weighted by molar-refractivity contribution is -0.266. The van der Waals surface area contributed by atoms with Crippen LogP contribution in [0.4, 0.5) is 0 Å². The maximum atomic E-state index is 10.7. The van der Waals surface area contributed by atoms with Gasteiger partial charge in [0.15, 0.2) is 0 Å². The van der Waals surface area contributed by atoms with Crippen LogP contribution in [0.15, 0.2) is 12.2 Å². The fourth-order valence-corrected chi connectivity index (χ4v) is 0.622. The third-order valence-electron chi connectivity index (χ3n) is 1.27. The zero-order valence-electron chi connectivity index (χ0n) is 7.32. The van der Waals surface area contributed by atoms with Crippen molar-refractivity contribution in [1.82, 2.24) is 0 Å². The van der Waals surface area contributed by atoms with Gasteiger partial charge in [-0.1, -0.05) is 6.92 Å². The number of ether oxygens (including phenoxy) is 1. The molecule has 0 saturated heterocycles. The summed E-state index contributed by atoms with van der Waals surface area (Å²) in [6.07, 6.45) is 2.87. The van der Waals surface area contributed by atoms with Crippen LogP contribution in [0.1, 0.15) is 20.3 Å². The van der Waals surface area contributed by atoms with Crippen LogP contribution >= 0.6 is 0 Å². The Labute approximate surface area is 71.7 Å². The number of carbonyl (C=O) groups is 1. The Morgan fingerprint density at radius 3 is 2.67 bits per heavy atom. The number of esters is 1. The molecule has 4 nitrogen and oxygen atoms in total. The average Bonchev–Trinajstić information content (AvgIpc) is 2.07. The highest BCUT2D eigenvalue weighted by Gasteiger charge is 2.01. The van der Waals surface area contributed by atoms with Gasteiger partial charge >= 0.3 is 5.97 Å². The summed E-state index contributed by atoms with van der Waals surface area (Å²) in [4.78, 5) is 14.8. The molecule has 1 atom stereocenters. The highest BCUT2D eigenvalue weighted by atomic mass is 17.1. The molecule has 12 heavy (non-hydrogen) atoms. The van der Waals surface area contributed by atoms with E-state index in [4.69, 9.17) is 5.26 Å². The minimum absolute atomic E-state index is 0.347. The number of rotatable bonds is 5. The van der Waals surface area contributed by atoms with Crippen LogP contribution in [0.3, 0.4) is 0 Å². The van der Waals surface area contributed by atoms with Crippen LogP contribution in [0.25, 0.3) is 0 Å². The van der Waals surface area contributed by atoms with Crippen LogP contribution in [0.5, 0.6) is 0 Å². The fourth-order valence-electron chi connectivity index (χ4n) is 0.622. The quantitative estimate of drug-likeness (QED) is 0.296. The average molecular weight is 174 g/mol. The molecule has 0 aromatic heterocycles. The van der Waals surface area contributed by atoms with E-state index in [1.807, 2.05) is 6.92 Å². The molecule has 4 heteroatoms. The lowest BCUT2D eigenvalue weighted by Gasteiger charge is -2.03. The van der Waals surface area contributed by atoms with Crippen molar-refractivity contribution in [3.05, 3.63) is 12.2 Å². The van der Waals surface area contributed by atoms with Crippen LogP contribution < -0.4 is 0 Å². The van der Waals surface area contributed by atoms with Gasteiger partial charge in [-0.15, -0.1) is 0 Å². The smallest absolute Gasteiger partial charge is 0.330 e. The molecule has 0 saturated carbocycles. The van der Waals surface area contributed by atoms with Crippen molar-refractivity contribution in [3.63, 3.8) is 0 Å². The van der Waals surface area contributed by atoms with E-state index in [9.17, 15) is 4.79 Å². The summed E-state index contributed by atoms with van der Waals surface area (Å²) in [5.74, 6) is -0.423. The van der Waals surface area contributed by atoms with Crippen molar-refractivity contribution in [2.45, 2.75) is 26.4 Å². The molecule has 0 bridgehead atoms. The molecule has 0 unspecified atom stereocenters. The molecule has 0 aliphatic rings. The number of carbonyl (C=O) groups excluding carboxylic acids is 1. The standard InChI is InChI=1S/C8H14O4/c1-3-7(12-10)5-6-8(9)11-4-2/h5-7,10H,3-4H2,1-2H3/b6-5+/t7-/m1/s1. The Bertz CT molecular complexity index is 149. The molecule has 0 rings (SSSR count). The molecule has 0 amide bonds. The van der Waals surface area contributed by atoms with Gasteiger partial charge in [0.2, 0.25) is 0 Å². The van der Waals surface area contributed by atoms with Gasteiger partial charge in [-0.3, -0.25) is 5.26 Å². The molecule has 0 aromatic rings. The second-order valence-electron chi connectivity index (χ2n) is 2.16. The second kappa shape index (κ2) is 6.82. The molecule has 1 N–H and O–H groups in total. The minimum Gasteiger partial charge on any atom is -0.463 e. The Morgan fingerprint density at radius 1 is 1.58 bits per heavy atom. The normalized spacial score (nSPS) is 13.2. The summed E-state index contributed by atoms with van der Waals surface area (Å²) in [7, 11) is 0. The molecule has 0 aliphatic carbocycles.